The van der Waals surface area contributed by atoms with Crippen molar-refractivity contribution in [3.8, 4) is 0 Å². The van der Waals surface area contributed by atoms with Crippen LogP contribution in [0, 0.1) is 12.9 Å². The summed E-state index contributed by atoms with van der Waals surface area (Å²) >= 11 is 0. The third-order valence-electron chi connectivity index (χ3n) is 1.79. The summed E-state index contributed by atoms with van der Waals surface area (Å²) in [5.74, 6) is -2.59. The number of rotatable bonds is 3. The van der Waals surface area contributed by atoms with Gasteiger partial charge in [-0.3, -0.25) is 4.79 Å². The maximum absolute atomic E-state index is 13.0. The predicted octanol–water partition coefficient (Wildman–Crippen LogP) is 2.09. The van der Waals surface area contributed by atoms with Crippen molar-refractivity contribution in [3.63, 3.8) is 0 Å². The van der Waals surface area contributed by atoms with Crippen LogP contribution >= 0.6 is 0 Å². The molecular weight excluding hydrogens is 211 g/mol. The van der Waals surface area contributed by atoms with E-state index in [0.717, 1.165) is 6.07 Å². The Morgan fingerprint density at radius 1 is 1.60 bits per heavy atom. The standard InChI is InChI=1S/C9H8F3NO2/c1-4-2-5(3-6(14)15)7(8(10)11)9(12)13-4/h2,8H,3H2,1H3,(H,14,15). The molecule has 15 heavy (non-hydrogen) atoms. The van der Waals surface area contributed by atoms with Gasteiger partial charge in [-0.2, -0.15) is 4.39 Å². The van der Waals surface area contributed by atoms with Crippen LogP contribution in [0.1, 0.15) is 23.2 Å². The average Bonchev–Trinajstić information content (AvgIpc) is 1.99. The monoisotopic (exact) mass is 219 g/mol. The molecule has 0 saturated heterocycles. The second-order valence-corrected chi connectivity index (χ2v) is 3.00. The van der Waals surface area contributed by atoms with Gasteiger partial charge in [0.05, 0.1) is 12.0 Å². The van der Waals surface area contributed by atoms with Crippen LogP contribution in [0.25, 0.3) is 0 Å². The predicted molar refractivity (Wildman–Crippen MR) is 45.2 cm³/mol. The SMILES string of the molecule is Cc1cc(CC(=O)O)c(C(F)F)c(F)n1. The van der Waals surface area contributed by atoms with E-state index in [0.29, 0.717) is 0 Å². The quantitative estimate of drug-likeness (QED) is 0.792. The molecule has 1 rings (SSSR count). The zero-order chi connectivity index (χ0) is 11.6. The van der Waals surface area contributed by atoms with Crippen molar-refractivity contribution < 1.29 is 23.1 Å². The highest BCUT2D eigenvalue weighted by molar-refractivity contribution is 5.70. The molecule has 0 aliphatic rings. The molecule has 0 saturated carbocycles. The number of alkyl halides is 2. The third kappa shape index (κ3) is 2.68. The minimum atomic E-state index is -3.06. The van der Waals surface area contributed by atoms with Gasteiger partial charge in [-0.15, -0.1) is 0 Å². The number of hydrogen-bond donors (Lipinski definition) is 1. The molecule has 0 aromatic carbocycles. The molecule has 6 heteroatoms. The van der Waals surface area contributed by atoms with Gasteiger partial charge in [0.15, 0.2) is 0 Å². The molecule has 1 heterocycles. The number of carboxylic acids is 1. The van der Waals surface area contributed by atoms with E-state index in [-0.39, 0.29) is 11.3 Å². The van der Waals surface area contributed by atoms with Gasteiger partial charge in [-0.1, -0.05) is 0 Å². The fraction of sp³-hybridized carbons (Fsp3) is 0.333. The van der Waals surface area contributed by atoms with Crippen LogP contribution in [0.5, 0.6) is 0 Å². The molecule has 0 aliphatic heterocycles. The Morgan fingerprint density at radius 2 is 2.20 bits per heavy atom. The lowest BCUT2D eigenvalue weighted by Gasteiger charge is -2.08. The van der Waals surface area contributed by atoms with E-state index in [4.69, 9.17) is 5.11 Å². The van der Waals surface area contributed by atoms with Crippen molar-refractivity contribution in [3.05, 3.63) is 28.8 Å². The van der Waals surface area contributed by atoms with Crippen molar-refractivity contribution in [1.29, 1.82) is 0 Å². The van der Waals surface area contributed by atoms with Gasteiger partial charge >= 0.3 is 5.97 Å². The Bertz CT molecular complexity index is 393. The Morgan fingerprint density at radius 3 is 2.67 bits per heavy atom. The van der Waals surface area contributed by atoms with E-state index in [2.05, 4.69) is 4.98 Å². The summed E-state index contributed by atoms with van der Waals surface area (Å²) < 4.78 is 37.8. The zero-order valence-electron chi connectivity index (χ0n) is 7.80. The lowest BCUT2D eigenvalue weighted by atomic mass is 10.1. The zero-order valence-corrected chi connectivity index (χ0v) is 7.80. The number of carbonyl (C=O) groups is 1. The van der Waals surface area contributed by atoms with E-state index in [9.17, 15) is 18.0 Å². The number of hydrogen-bond acceptors (Lipinski definition) is 2. The summed E-state index contributed by atoms with van der Waals surface area (Å²) in [6.07, 6.45) is -3.70. The van der Waals surface area contributed by atoms with Crippen molar-refractivity contribution in [2.75, 3.05) is 0 Å². The average molecular weight is 219 g/mol. The first-order chi connectivity index (χ1) is 6.91. The molecule has 0 spiro atoms. The molecule has 1 N–H and O–H groups in total. The van der Waals surface area contributed by atoms with Gasteiger partial charge in [-0.05, 0) is 18.6 Å². The van der Waals surface area contributed by atoms with Gasteiger partial charge in [0.25, 0.3) is 6.43 Å². The lowest BCUT2D eigenvalue weighted by molar-refractivity contribution is -0.136. The second-order valence-electron chi connectivity index (χ2n) is 3.00. The number of pyridine rings is 1. The molecule has 0 atom stereocenters. The van der Waals surface area contributed by atoms with E-state index in [1.54, 1.807) is 0 Å². The maximum atomic E-state index is 13.0. The highest BCUT2D eigenvalue weighted by Crippen LogP contribution is 2.25. The molecule has 0 amide bonds. The van der Waals surface area contributed by atoms with Gasteiger partial charge < -0.3 is 5.11 Å². The fourth-order valence-electron chi connectivity index (χ4n) is 1.25. The molecular formula is C9H8F3NO2. The normalized spacial score (nSPS) is 10.7. The molecule has 1 aromatic heterocycles. The number of aliphatic carboxylic acids is 1. The Balaban J connectivity index is 3.26. The highest BCUT2D eigenvalue weighted by Gasteiger charge is 2.21. The summed E-state index contributed by atoms with van der Waals surface area (Å²) in [5.41, 5.74) is -0.987. The van der Waals surface area contributed by atoms with E-state index in [1.165, 1.54) is 6.92 Å². The van der Waals surface area contributed by atoms with Gasteiger partial charge in [0.2, 0.25) is 5.95 Å². The van der Waals surface area contributed by atoms with Gasteiger partial charge in [0, 0.05) is 5.69 Å². The summed E-state index contributed by atoms with van der Waals surface area (Å²) in [6, 6.07) is 1.15. The van der Waals surface area contributed by atoms with Gasteiger partial charge in [0.1, 0.15) is 0 Å². The Kier molecular flexibility index (Phi) is 3.28. The minimum Gasteiger partial charge on any atom is -0.481 e. The molecule has 82 valence electrons. The number of carboxylic acid groups (broad SMARTS) is 1. The Hall–Kier alpha value is -1.59. The van der Waals surface area contributed by atoms with Crippen LogP contribution in [-0.2, 0) is 11.2 Å². The highest BCUT2D eigenvalue weighted by atomic mass is 19.3. The molecule has 0 aliphatic carbocycles. The molecule has 0 bridgehead atoms. The smallest absolute Gasteiger partial charge is 0.307 e. The van der Waals surface area contributed by atoms with E-state index in [1.807, 2.05) is 0 Å². The first-order valence-electron chi connectivity index (χ1n) is 4.07. The van der Waals surface area contributed by atoms with Crippen LogP contribution in [0.3, 0.4) is 0 Å². The third-order valence-corrected chi connectivity index (χ3v) is 1.79. The first-order valence-corrected chi connectivity index (χ1v) is 4.07. The minimum absolute atomic E-state index is 0.174. The number of aromatic nitrogens is 1. The number of nitrogens with zero attached hydrogens (tertiary/aromatic N) is 1. The molecule has 0 unspecified atom stereocenters. The van der Waals surface area contributed by atoms with Crippen LogP contribution in [0.4, 0.5) is 13.2 Å². The van der Waals surface area contributed by atoms with E-state index < -0.39 is 30.3 Å². The summed E-state index contributed by atoms with van der Waals surface area (Å²) in [7, 11) is 0. The van der Waals surface area contributed by atoms with Crippen LogP contribution in [0.2, 0.25) is 0 Å². The fourth-order valence-corrected chi connectivity index (χ4v) is 1.25. The Labute approximate surface area is 83.6 Å². The topological polar surface area (TPSA) is 50.2 Å². The molecule has 1 aromatic rings. The van der Waals surface area contributed by atoms with Crippen molar-refractivity contribution in [1.82, 2.24) is 4.98 Å². The number of halogens is 3. The van der Waals surface area contributed by atoms with Crippen molar-refractivity contribution >= 4 is 5.97 Å². The largest absolute Gasteiger partial charge is 0.481 e. The molecule has 0 fully saturated rings. The van der Waals surface area contributed by atoms with Crippen LogP contribution < -0.4 is 0 Å². The van der Waals surface area contributed by atoms with Crippen LogP contribution in [-0.4, -0.2) is 16.1 Å². The second kappa shape index (κ2) is 4.29. The van der Waals surface area contributed by atoms with E-state index >= 15 is 0 Å². The molecule has 0 radical (unpaired) electrons. The van der Waals surface area contributed by atoms with Crippen molar-refractivity contribution in [2.45, 2.75) is 19.8 Å². The summed E-state index contributed by atoms with van der Waals surface area (Å²) in [5, 5.41) is 8.47. The van der Waals surface area contributed by atoms with Crippen LogP contribution in [0.15, 0.2) is 6.07 Å². The van der Waals surface area contributed by atoms with Gasteiger partial charge in [-0.25, -0.2) is 13.8 Å². The first kappa shape index (κ1) is 11.5. The number of aryl methyl sites for hydroxylation is 1. The summed E-state index contributed by atoms with van der Waals surface area (Å²) in [4.78, 5) is 13.6. The van der Waals surface area contributed by atoms with Crippen molar-refractivity contribution in [2.24, 2.45) is 0 Å². The maximum Gasteiger partial charge on any atom is 0.307 e. The molecule has 3 nitrogen and oxygen atoms in total. The summed E-state index contributed by atoms with van der Waals surface area (Å²) in [6.45, 7) is 1.41. The lowest BCUT2D eigenvalue weighted by Crippen LogP contribution is -2.08.